The fourth-order valence-corrected chi connectivity index (χ4v) is 7.82. The SMILES string of the molecule is C=CCN(C)C(=O)[C@H]1[C@H]2C(=O)N([C@@H](CO)[C@@H](C)CC)C(C(=O)N(CC=C)c3c(C)cccc3C)C23CC(C)[C@]1(C)O3. The van der Waals surface area contributed by atoms with Crippen molar-refractivity contribution in [1.82, 2.24) is 9.80 Å². The minimum absolute atomic E-state index is 0.0721. The highest BCUT2D eigenvalue weighted by molar-refractivity contribution is 6.06. The molecule has 2 bridgehead atoms. The topological polar surface area (TPSA) is 90.4 Å². The van der Waals surface area contributed by atoms with Crippen molar-refractivity contribution in [2.75, 3.05) is 31.6 Å². The first-order valence-electron chi connectivity index (χ1n) is 14.8. The first-order chi connectivity index (χ1) is 19.4. The molecule has 4 rings (SSSR count). The van der Waals surface area contributed by atoms with Crippen molar-refractivity contribution in [3.8, 4) is 0 Å². The molecule has 1 N–H and O–H groups in total. The van der Waals surface area contributed by atoms with Crippen LogP contribution in [0.4, 0.5) is 5.69 Å². The smallest absolute Gasteiger partial charge is 0.253 e. The summed E-state index contributed by atoms with van der Waals surface area (Å²) in [6.45, 7) is 19.9. The van der Waals surface area contributed by atoms with Gasteiger partial charge in [0.25, 0.3) is 5.91 Å². The summed E-state index contributed by atoms with van der Waals surface area (Å²) in [5.41, 5.74) is 0.529. The van der Waals surface area contributed by atoms with Crippen LogP contribution in [0.3, 0.4) is 0 Å². The summed E-state index contributed by atoms with van der Waals surface area (Å²) in [6.07, 6.45) is 4.52. The number of hydrogen-bond donors (Lipinski definition) is 1. The van der Waals surface area contributed by atoms with Gasteiger partial charge in [0.1, 0.15) is 11.6 Å². The van der Waals surface area contributed by atoms with Crippen LogP contribution in [-0.4, -0.2) is 82.7 Å². The van der Waals surface area contributed by atoms with Gasteiger partial charge in [-0.1, -0.05) is 57.5 Å². The molecule has 1 spiro atoms. The van der Waals surface area contributed by atoms with Crippen molar-refractivity contribution >= 4 is 23.4 Å². The monoisotopic (exact) mass is 565 g/mol. The Labute approximate surface area is 245 Å². The van der Waals surface area contributed by atoms with E-state index in [9.17, 15) is 19.5 Å². The van der Waals surface area contributed by atoms with Crippen LogP contribution < -0.4 is 4.90 Å². The van der Waals surface area contributed by atoms with E-state index in [1.165, 1.54) is 0 Å². The molecule has 41 heavy (non-hydrogen) atoms. The highest BCUT2D eigenvalue weighted by Crippen LogP contribution is 2.66. The molecular formula is C33H47N3O5. The predicted octanol–water partition coefficient (Wildman–Crippen LogP) is 3.88. The van der Waals surface area contributed by atoms with Crippen LogP contribution in [0.2, 0.25) is 0 Å². The number of aliphatic hydroxyl groups excluding tert-OH is 1. The number of anilines is 1. The number of fused-ring (bicyclic) bond motifs is 1. The number of likely N-dealkylation sites (tertiary alicyclic amines) is 1. The second-order valence-electron chi connectivity index (χ2n) is 12.6. The van der Waals surface area contributed by atoms with E-state index in [2.05, 4.69) is 13.2 Å². The molecule has 3 fully saturated rings. The molecule has 3 unspecified atom stereocenters. The number of aryl methyl sites for hydroxylation is 2. The van der Waals surface area contributed by atoms with Gasteiger partial charge in [-0.3, -0.25) is 14.4 Å². The van der Waals surface area contributed by atoms with E-state index in [0.29, 0.717) is 19.4 Å². The van der Waals surface area contributed by atoms with E-state index < -0.39 is 35.1 Å². The van der Waals surface area contributed by atoms with Gasteiger partial charge in [-0.25, -0.2) is 0 Å². The molecule has 1 aromatic rings. The van der Waals surface area contributed by atoms with E-state index in [1.807, 2.05) is 59.7 Å². The van der Waals surface area contributed by atoms with E-state index >= 15 is 0 Å². The van der Waals surface area contributed by atoms with Gasteiger partial charge in [0, 0.05) is 25.8 Å². The molecule has 224 valence electrons. The van der Waals surface area contributed by atoms with Gasteiger partial charge in [-0.2, -0.15) is 0 Å². The van der Waals surface area contributed by atoms with Gasteiger partial charge in [0.15, 0.2) is 0 Å². The third-order valence-electron chi connectivity index (χ3n) is 10.2. The van der Waals surface area contributed by atoms with E-state index in [1.54, 1.807) is 33.9 Å². The summed E-state index contributed by atoms with van der Waals surface area (Å²) in [5, 5.41) is 10.7. The number of amides is 3. The molecule has 1 aromatic carbocycles. The lowest BCUT2D eigenvalue weighted by Crippen LogP contribution is -2.60. The zero-order valence-electron chi connectivity index (χ0n) is 25.7. The summed E-state index contributed by atoms with van der Waals surface area (Å²) in [6, 6.07) is 4.28. The van der Waals surface area contributed by atoms with E-state index in [0.717, 1.165) is 16.8 Å². The summed E-state index contributed by atoms with van der Waals surface area (Å²) in [7, 11) is 1.71. The number of likely N-dealkylation sites (N-methyl/N-ethyl adjacent to an activating group) is 1. The Hall–Kier alpha value is -2.97. The minimum atomic E-state index is -1.20. The highest BCUT2D eigenvalue weighted by atomic mass is 16.5. The lowest BCUT2D eigenvalue weighted by atomic mass is 9.62. The number of nitrogens with zero attached hydrogens (tertiary/aromatic N) is 3. The van der Waals surface area contributed by atoms with Crippen LogP contribution >= 0.6 is 0 Å². The van der Waals surface area contributed by atoms with Crippen LogP contribution in [0.1, 0.15) is 51.7 Å². The predicted molar refractivity (Wildman–Crippen MR) is 160 cm³/mol. The molecule has 0 aliphatic carbocycles. The standard InChI is InChI=1S/C33H47N3O5/c1-10-16-34(9)29(38)25-26-30(39)36(24(19-37)20(4)12-3)28(33(26)18-23(7)32(25,8)41-33)31(40)35(17-11-2)27-21(5)14-13-15-22(27)6/h10-11,13-15,20,23-26,28,37H,1-2,12,16-19H2,3-9H3/t20-,23?,24-,25+,26-,28?,32-,33?/m0/s1. The maximum atomic E-state index is 15.0. The molecule has 3 saturated heterocycles. The molecule has 8 heteroatoms. The molecule has 3 aliphatic rings. The van der Waals surface area contributed by atoms with Gasteiger partial charge in [-0.15, -0.1) is 13.2 Å². The van der Waals surface area contributed by atoms with E-state index in [4.69, 9.17) is 4.74 Å². The zero-order valence-corrected chi connectivity index (χ0v) is 25.7. The number of ether oxygens (including phenoxy) is 1. The van der Waals surface area contributed by atoms with Crippen molar-refractivity contribution in [2.24, 2.45) is 23.7 Å². The second kappa shape index (κ2) is 11.4. The normalized spacial score (nSPS) is 31.5. The lowest BCUT2D eigenvalue weighted by molar-refractivity contribution is -0.154. The van der Waals surface area contributed by atoms with Crippen molar-refractivity contribution < 1.29 is 24.2 Å². The fraction of sp³-hybridized carbons (Fsp3) is 0.606. The second-order valence-corrected chi connectivity index (χ2v) is 12.6. The van der Waals surface area contributed by atoms with Crippen LogP contribution in [0.25, 0.3) is 0 Å². The van der Waals surface area contributed by atoms with Crippen LogP contribution in [0.15, 0.2) is 43.5 Å². The Bertz CT molecular complexity index is 1210. The van der Waals surface area contributed by atoms with Crippen LogP contribution in [-0.2, 0) is 19.1 Å². The summed E-state index contributed by atoms with van der Waals surface area (Å²) < 4.78 is 6.92. The molecule has 0 saturated carbocycles. The van der Waals surface area contributed by atoms with Gasteiger partial charge < -0.3 is 24.5 Å². The van der Waals surface area contributed by atoms with Crippen LogP contribution in [0.5, 0.6) is 0 Å². The maximum absolute atomic E-state index is 15.0. The number of benzene rings is 1. The van der Waals surface area contributed by atoms with Gasteiger partial charge in [0.05, 0.1) is 30.1 Å². The minimum Gasteiger partial charge on any atom is -0.394 e. The fourth-order valence-electron chi connectivity index (χ4n) is 7.82. The Morgan fingerprint density at radius 2 is 1.80 bits per heavy atom. The van der Waals surface area contributed by atoms with Crippen molar-refractivity contribution in [3.63, 3.8) is 0 Å². The van der Waals surface area contributed by atoms with Crippen molar-refractivity contribution in [3.05, 3.63) is 54.6 Å². The number of aliphatic hydroxyl groups is 1. The number of para-hydroxylation sites is 1. The first kappa shape index (κ1) is 31.0. The average Bonchev–Trinajstić information content (AvgIpc) is 3.44. The maximum Gasteiger partial charge on any atom is 0.253 e. The quantitative estimate of drug-likeness (QED) is 0.412. The Morgan fingerprint density at radius 1 is 1.20 bits per heavy atom. The Kier molecular flexibility index (Phi) is 8.59. The summed E-state index contributed by atoms with van der Waals surface area (Å²) in [5.74, 6) is -2.49. The molecule has 3 amide bonds. The molecule has 0 aromatic heterocycles. The first-order valence-corrected chi connectivity index (χ1v) is 14.8. The molecule has 3 aliphatic heterocycles. The van der Waals surface area contributed by atoms with Crippen molar-refractivity contribution in [1.29, 1.82) is 0 Å². The largest absolute Gasteiger partial charge is 0.394 e. The molecular weight excluding hydrogens is 518 g/mol. The lowest BCUT2D eigenvalue weighted by Gasteiger charge is -2.41. The van der Waals surface area contributed by atoms with Crippen molar-refractivity contribution in [2.45, 2.75) is 77.7 Å². The van der Waals surface area contributed by atoms with Crippen LogP contribution in [0, 0.1) is 37.5 Å². The third-order valence-corrected chi connectivity index (χ3v) is 10.2. The average molecular weight is 566 g/mol. The number of rotatable bonds is 11. The third kappa shape index (κ3) is 4.54. The molecule has 8 atom stereocenters. The van der Waals surface area contributed by atoms with Gasteiger partial charge in [-0.05, 0) is 50.2 Å². The highest BCUT2D eigenvalue weighted by Gasteiger charge is 2.80. The van der Waals surface area contributed by atoms with E-state index in [-0.39, 0.29) is 42.7 Å². The number of carbonyl (C=O) groups is 3. The molecule has 0 radical (unpaired) electrons. The van der Waals surface area contributed by atoms with Gasteiger partial charge >= 0.3 is 0 Å². The molecule has 8 nitrogen and oxygen atoms in total. The van der Waals surface area contributed by atoms with Gasteiger partial charge in [0.2, 0.25) is 11.8 Å². The zero-order chi connectivity index (χ0) is 30.4. The Balaban J connectivity index is 1.94. The Morgan fingerprint density at radius 3 is 2.34 bits per heavy atom. The summed E-state index contributed by atoms with van der Waals surface area (Å²) >= 11 is 0. The number of hydrogen-bond acceptors (Lipinski definition) is 5. The molecule has 3 heterocycles. The number of carbonyl (C=O) groups excluding carboxylic acids is 3. The summed E-state index contributed by atoms with van der Waals surface area (Å²) in [4.78, 5) is 48.5.